The molecule has 0 unspecified atom stereocenters. The van der Waals surface area contributed by atoms with Gasteiger partial charge in [0.2, 0.25) is 5.71 Å². The lowest BCUT2D eigenvalue weighted by Crippen LogP contribution is -1.74. The van der Waals surface area contributed by atoms with Gasteiger partial charge in [-0.05, 0) is 0 Å². The lowest BCUT2D eigenvalue weighted by Gasteiger charge is -1.70. The molecule has 3 heteroatoms. The molecule has 0 aliphatic carbocycles. The van der Waals surface area contributed by atoms with Crippen molar-refractivity contribution in [3.8, 4) is 0 Å². The van der Waals surface area contributed by atoms with Crippen molar-refractivity contribution in [1.82, 2.24) is 9.61 Å². The van der Waals surface area contributed by atoms with Crippen LogP contribution in [0.25, 0.3) is 5.71 Å². The van der Waals surface area contributed by atoms with Gasteiger partial charge in [-0.15, -0.1) is 0 Å². The number of oxazole rings is 1. The summed E-state index contributed by atoms with van der Waals surface area (Å²) in [6.07, 6.45) is 6.74. The number of rotatable bonds is 0. The molecule has 2 aromatic rings. The van der Waals surface area contributed by atoms with Gasteiger partial charge in [0.1, 0.15) is 6.20 Å². The van der Waals surface area contributed by atoms with E-state index in [0.29, 0.717) is 5.71 Å². The lowest BCUT2D eigenvalue weighted by atomic mass is 10.7. The van der Waals surface area contributed by atoms with Gasteiger partial charge < -0.3 is 4.42 Å². The number of hydrogen-bond acceptors (Lipinski definition) is 2. The minimum Gasteiger partial charge on any atom is -0.433 e. The zero-order chi connectivity index (χ0) is 5.40. The fourth-order valence-corrected chi connectivity index (χ4v) is 0.567. The summed E-state index contributed by atoms with van der Waals surface area (Å²) in [5.74, 6) is 0. The van der Waals surface area contributed by atoms with Crippen LogP contribution >= 0.6 is 0 Å². The van der Waals surface area contributed by atoms with Crippen molar-refractivity contribution in [2.45, 2.75) is 0 Å². The highest BCUT2D eigenvalue weighted by Crippen LogP contribution is 1.98. The second-order valence-electron chi connectivity index (χ2n) is 1.41. The molecule has 0 atom stereocenters. The SMILES string of the molecule is [c]1cc2o[c]cn2n1. The van der Waals surface area contributed by atoms with Gasteiger partial charge in [0.05, 0.1) is 6.20 Å². The van der Waals surface area contributed by atoms with Crippen LogP contribution in [0.1, 0.15) is 0 Å². The quantitative estimate of drug-likeness (QED) is 0.490. The predicted molar refractivity (Wildman–Crippen MR) is 25.1 cm³/mol. The Labute approximate surface area is 45.5 Å². The van der Waals surface area contributed by atoms with Crippen molar-refractivity contribution in [3.05, 3.63) is 24.7 Å². The molecule has 0 N–H and O–H groups in total. The molecule has 0 amide bonds. The molecule has 2 radical (unpaired) electrons. The molecular formula is C5H2N2O. The number of aromatic nitrogens is 2. The van der Waals surface area contributed by atoms with E-state index in [9.17, 15) is 0 Å². The summed E-state index contributed by atoms with van der Waals surface area (Å²) in [7, 11) is 0. The third-order valence-electron chi connectivity index (χ3n) is 0.918. The second kappa shape index (κ2) is 1.12. The maximum absolute atomic E-state index is 4.80. The predicted octanol–water partition coefficient (Wildman–Crippen LogP) is 0.528. The molecule has 0 spiro atoms. The number of hydrogen-bond donors (Lipinski definition) is 0. The van der Waals surface area contributed by atoms with Gasteiger partial charge >= 0.3 is 0 Å². The van der Waals surface area contributed by atoms with E-state index in [2.05, 4.69) is 17.6 Å². The zero-order valence-corrected chi connectivity index (χ0v) is 3.96. The molecule has 0 aliphatic heterocycles. The van der Waals surface area contributed by atoms with Gasteiger partial charge in [0, 0.05) is 6.07 Å². The first kappa shape index (κ1) is 3.72. The molecule has 2 rings (SSSR count). The van der Waals surface area contributed by atoms with Crippen molar-refractivity contribution in [1.29, 1.82) is 0 Å². The van der Waals surface area contributed by atoms with E-state index >= 15 is 0 Å². The van der Waals surface area contributed by atoms with Gasteiger partial charge in [0.15, 0.2) is 6.26 Å². The van der Waals surface area contributed by atoms with Crippen molar-refractivity contribution in [2.75, 3.05) is 0 Å². The highest BCUT2D eigenvalue weighted by molar-refractivity contribution is 5.29. The fourth-order valence-electron chi connectivity index (χ4n) is 0.567. The first-order valence-electron chi connectivity index (χ1n) is 2.18. The number of fused-ring (bicyclic) bond motifs is 1. The van der Waals surface area contributed by atoms with Crippen LogP contribution in [0, 0.1) is 12.5 Å². The highest BCUT2D eigenvalue weighted by Gasteiger charge is 1.91. The Morgan fingerprint density at radius 2 is 2.75 bits per heavy atom. The summed E-state index contributed by atoms with van der Waals surface area (Å²) in [5, 5.41) is 3.75. The first-order valence-corrected chi connectivity index (χ1v) is 2.18. The summed E-state index contributed by atoms with van der Waals surface area (Å²) in [6, 6.07) is 1.65. The molecule has 38 valence electrons. The Morgan fingerprint density at radius 3 is 3.62 bits per heavy atom. The molecular weight excluding hydrogens is 104 g/mol. The maximum Gasteiger partial charge on any atom is 0.223 e. The van der Waals surface area contributed by atoms with Crippen LogP contribution in [0.5, 0.6) is 0 Å². The van der Waals surface area contributed by atoms with Gasteiger partial charge in [-0.2, -0.15) is 5.10 Å². The van der Waals surface area contributed by atoms with E-state index in [4.69, 9.17) is 4.42 Å². The maximum atomic E-state index is 4.80. The van der Waals surface area contributed by atoms with Crippen molar-refractivity contribution >= 4 is 5.71 Å². The van der Waals surface area contributed by atoms with Crippen molar-refractivity contribution in [3.63, 3.8) is 0 Å². The zero-order valence-electron chi connectivity index (χ0n) is 3.96. The van der Waals surface area contributed by atoms with Crippen LogP contribution in [-0.2, 0) is 0 Å². The van der Waals surface area contributed by atoms with Gasteiger partial charge in [-0.3, -0.25) is 0 Å². The summed E-state index contributed by atoms with van der Waals surface area (Å²) >= 11 is 0. The third-order valence-corrected chi connectivity index (χ3v) is 0.918. The van der Waals surface area contributed by atoms with Crippen LogP contribution in [0.3, 0.4) is 0 Å². The molecule has 0 saturated heterocycles. The Kier molecular flexibility index (Phi) is 0.521. The minimum atomic E-state index is 0.671. The monoisotopic (exact) mass is 106 g/mol. The second-order valence-corrected chi connectivity index (χ2v) is 1.41. The van der Waals surface area contributed by atoms with E-state index in [-0.39, 0.29) is 0 Å². The molecule has 0 saturated carbocycles. The Bertz CT molecular complexity index is 232. The number of nitrogens with zero attached hydrogens (tertiary/aromatic N) is 2. The van der Waals surface area contributed by atoms with E-state index in [0.717, 1.165) is 0 Å². The Morgan fingerprint density at radius 1 is 1.75 bits per heavy atom. The molecule has 8 heavy (non-hydrogen) atoms. The summed E-state index contributed by atoms with van der Waals surface area (Å²) in [5.41, 5.74) is 0.671. The Hall–Kier alpha value is -1.25. The first-order chi connectivity index (χ1) is 3.97. The van der Waals surface area contributed by atoms with Gasteiger partial charge in [0.25, 0.3) is 0 Å². The molecule has 0 bridgehead atoms. The van der Waals surface area contributed by atoms with Crippen molar-refractivity contribution < 1.29 is 4.42 Å². The van der Waals surface area contributed by atoms with Crippen LogP contribution in [-0.4, -0.2) is 9.61 Å². The van der Waals surface area contributed by atoms with Gasteiger partial charge in [-0.1, -0.05) is 0 Å². The summed E-state index contributed by atoms with van der Waals surface area (Å²) in [4.78, 5) is 0. The largest absolute Gasteiger partial charge is 0.433 e. The van der Waals surface area contributed by atoms with Gasteiger partial charge in [-0.25, -0.2) is 4.52 Å². The lowest BCUT2D eigenvalue weighted by molar-refractivity contribution is 0.597. The van der Waals surface area contributed by atoms with Crippen LogP contribution in [0.2, 0.25) is 0 Å². The molecule has 2 heterocycles. The topological polar surface area (TPSA) is 30.4 Å². The van der Waals surface area contributed by atoms with Crippen LogP contribution in [0.4, 0.5) is 0 Å². The Balaban J connectivity index is 3.06. The normalized spacial score (nSPS) is 10.5. The molecule has 0 aromatic carbocycles. The molecule has 3 nitrogen and oxygen atoms in total. The minimum absolute atomic E-state index is 0.671. The van der Waals surface area contributed by atoms with Crippen molar-refractivity contribution in [2.24, 2.45) is 0 Å². The van der Waals surface area contributed by atoms with E-state index in [1.165, 1.54) is 0 Å². The van der Waals surface area contributed by atoms with E-state index < -0.39 is 0 Å². The summed E-state index contributed by atoms with van der Waals surface area (Å²) < 4.78 is 6.36. The van der Waals surface area contributed by atoms with E-state index in [1.54, 1.807) is 16.8 Å². The average molecular weight is 106 g/mol. The molecule has 2 aromatic heterocycles. The third kappa shape index (κ3) is 0.307. The molecule has 0 fully saturated rings. The van der Waals surface area contributed by atoms with Crippen LogP contribution < -0.4 is 0 Å². The highest BCUT2D eigenvalue weighted by atomic mass is 16.3. The van der Waals surface area contributed by atoms with Crippen LogP contribution in [0.15, 0.2) is 16.7 Å². The summed E-state index contributed by atoms with van der Waals surface area (Å²) in [6.45, 7) is 0. The fraction of sp³-hybridized carbons (Fsp3) is 0. The average Bonchev–Trinajstić information content (AvgIpc) is 2.15. The standard InChI is InChI=1S/C5H2N2O/c1-2-6-7-3-4-8-5(1)7/h1,3H. The van der Waals surface area contributed by atoms with E-state index in [1.807, 2.05) is 0 Å². The molecule has 0 aliphatic rings. The smallest absolute Gasteiger partial charge is 0.223 e.